The van der Waals surface area contributed by atoms with Crippen molar-refractivity contribution in [3.05, 3.63) is 98.1 Å². The van der Waals surface area contributed by atoms with E-state index in [4.69, 9.17) is 16.3 Å². The summed E-state index contributed by atoms with van der Waals surface area (Å²) in [4.78, 5) is 31.3. The maximum atomic E-state index is 13.5. The van der Waals surface area contributed by atoms with Gasteiger partial charge in [0.2, 0.25) is 5.91 Å². The molecule has 1 atom stereocenters. The molecule has 1 unspecified atom stereocenters. The van der Waals surface area contributed by atoms with Gasteiger partial charge in [-0.1, -0.05) is 39.7 Å². The number of halogens is 2. The van der Waals surface area contributed by atoms with Gasteiger partial charge < -0.3 is 14.5 Å². The van der Waals surface area contributed by atoms with Crippen LogP contribution in [0, 0.1) is 0 Å². The Balaban J connectivity index is 1.52. The van der Waals surface area contributed by atoms with E-state index in [1.165, 1.54) is 9.78 Å². The van der Waals surface area contributed by atoms with E-state index in [0.29, 0.717) is 29.5 Å². The van der Waals surface area contributed by atoms with Crippen LogP contribution < -0.4 is 4.74 Å². The Morgan fingerprint density at radius 1 is 1.24 bits per heavy atom. The van der Waals surface area contributed by atoms with Gasteiger partial charge in [0.15, 0.2) is 0 Å². The van der Waals surface area contributed by atoms with Crippen LogP contribution in [0.25, 0.3) is 0 Å². The molecule has 2 amide bonds. The monoisotopic (exact) mass is 558 g/mol. The lowest BCUT2D eigenvalue weighted by Crippen LogP contribution is -2.47. The predicted octanol–water partition coefficient (Wildman–Crippen LogP) is 6.00. The summed E-state index contributed by atoms with van der Waals surface area (Å²) in [5, 5.41) is 2.69. The fraction of sp³-hybridized carbons (Fsp3) is 0.231. The van der Waals surface area contributed by atoms with Gasteiger partial charge in [0.1, 0.15) is 18.9 Å². The van der Waals surface area contributed by atoms with Crippen LogP contribution in [0.5, 0.6) is 5.75 Å². The number of carbonyl (C=O) groups excluding carboxylic acids is 2. The number of carbonyl (C=O) groups is 2. The third-order valence-electron chi connectivity index (χ3n) is 5.67. The van der Waals surface area contributed by atoms with E-state index in [2.05, 4.69) is 34.0 Å². The topological polar surface area (TPSA) is 49.9 Å². The number of ether oxygens (including phenoxy) is 1. The molecule has 8 heteroatoms. The van der Waals surface area contributed by atoms with Crippen LogP contribution in [-0.2, 0) is 11.2 Å². The first kappa shape index (κ1) is 24.5. The second-order valence-electron chi connectivity index (χ2n) is 7.90. The van der Waals surface area contributed by atoms with E-state index in [1.807, 2.05) is 23.1 Å². The van der Waals surface area contributed by atoms with E-state index >= 15 is 0 Å². The molecule has 2 heterocycles. The van der Waals surface area contributed by atoms with Crippen LogP contribution in [0.3, 0.4) is 0 Å². The lowest BCUT2D eigenvalue weighted by atomic mass is 10.0. The predicted molar refractivity (Wildman–Crippen MR) is 140 cm³/mol. The molecule has 1 aromatic heterocycles. The van der Waals surface area contributed by atoms with Crippen molar-refractivity contribution in [2.75, 3.05) is 26.2 Å². The lowest BCUT2D eigenvalue weighted by molar-refractivity contribution is -0.135. The van der Waals surface area contributed by atoms with Crippen molar-refractivity contribution >= 4 is 50.7 Å². The first-order valence-electron chi connectivity index (χ1n) is 10.9. The van der Waals surface area contributed by atoms with Gasteiger partial charge in [-0.05, 0) is 65.9 Å². The minimum Gasteiger partial charge on any atom is -0.491 e. The van der Waals surface area contributed by atoms with E-state index in [1.54, 1.807) is 47.7 Å². The highest BCUT2D eigenvalue weighted by atomic mass is 79.9. The molecule has 2 aromatic carbocycles. The van der Waals surface area contributed by atoms with Crippen molar-refractivity contribution in [2.24, 2.45) is 0 Å². The van der Waals surface area contributed by atoms with Gasteiger partial charge in [-0.15, -0.1) is 17.9 Å². The van der Waals surface area contributed by atoms with Crippen LogP contribution >= 0.6 is 38.9 Å². The quantitative estimate of drug-likeness (QED) is 0.318. The van der Waals surface area contributed by atoms with Gasteiger partial charge in [0, 0.05) is 33.0 Å². The molecule has 0 fully saturated rings. The number of hydrogen-bond donors (Lipinski definition) is 0. The highest BCUT2D eigenvalue weighted by Gasteiger charge is 2.33. The Morgan fingerprint density at radius 3 is 2.76 bits per heavy atom. The molecule has 0 bridgehead atoms. The molecule has 0 N–H and O–H groups in total. The molecule has 4 rings (SSSR count). The van der Waals surface area contributed by atoms with Gasteiger partial charge >= 0.3 is 0 Å². The Bertz CT molecular complexity index is 1180. The zero-order chi connectivity index (χ0) is 24.1. The Kier molecular flexibility index (Phi) is 8.08. The largest absolute Gasteiger partial charge is 0.491 e. The molecule has 0 radical (unpaired) electrons. The van der Waals surface area contributed by atoms with E-state index < -0.39 is 0 Å². The Labute approximate surface area is 216 Å². The van der Waals surface area contributed by atoms with E-state index in [0.717, 1.165) is 16.5 Å². The van der Waals surface area contributed by atoms with Crippen LogP contribution in [0.15, 0.2) is 77.1 Å². The second kappa shape index (κ2) is 11.2. The highest BCUT2D eigenvalue weighted by molar-refractivity contribution is 9.10. The SMILES string of the molecule is C=CCN(CC(=O)N1CCc2sccc2C1COc1ccc(Cl)cc1)C(=O)c1cccc(Br)c1. The van der Waals surface area contributed by atoms with Gasteiger partial charge in [0.05, 0.1) is 6.04 Å². The smallest absolute Gasteiger partial charge is 0.254 e. The standard InChI is InChI=1S/C26H24BrClN2O3S/c1-2-12-29(26(32)18-4-3-5-19(27)15-18)16-25(31)30-13-10-24-22(11-14-34-24)23(30)17-33-21-8-6-20(28)7-9-21/h2-9,11,14-15,23H,1,10,12-13,16-17H2. The van der Waals surface area contributed by atoms with Crippen LogP contribution in [-0.4, -0.2) is 47.9 Å². The zero-order valence-electron chi connectivity index (χ0n) is 18.5. The Hall–Kier alpha value is -2.61. The van der Waals surface area contributed by atoms with Gasteiger partial charge in [-0.25, -0.2) is 0 Å². The maximum absolute atomic E-state index is 13.5. The van der Waals surface area contributed by atoms with Crippen molar-refractivity contribution in [2.45, 2.75) is 12.5 Å². The van der Waals surface area contributed by atoms with Gasteiger partial charge in [-0.3, -0.25) is 9.59 Å². The molecule has 0 saturated heterocycles. The summed E-state index contributed by atoms with van der Waals surface area (Å²) in [7, 11) is 0. The number of nitrogens with zero attached hydrogens (tertiary/aromatic N) is 2. The normalized spacial score (nSPS) is 14.9. The minimum absolute atomic E-state index is 0.0335. The molecule has 34 heavy (non-hydrogen) atoms. The lowest BCUT2D eigenvalue weighted by Gasteiger charge is -2.37. The first-order valence-corrected chi connectivity index (χ1v) is 12.9. The molecule has 0 spiro atoms. The van der Waals surface area contributed by atoms with Crippen molar-refractivity contribution in [1.82, 2.24) is 9.80 Å². The van der Waals surface area contributed by atoms with Crippen molar-refractivity contribution in [1.29, 1.82) is 0 Å². The summed E-state index contributed by atoms with van der Waals surface area (Å²) < 4.78 is 6.85. The summed E-state index contributed by atoms with van der Waals surface area (Å²) in [5.74, 6) is 0.362. The molecule has 0 aliphatic carbocycles. The molecule has 5 nitrogen and oxygen atoms in total. The van der Waals surface area contributed by atoms with Gasteiger partial charge in [0.25, 0.3) is 5.91 Å². The molecule has 0 saturated carbocycles. The third-order valence-corrected chi connectivity index (χ3v) is 7.41. The minimum atomic E-state index is -0.232. The molecular weight excluding hydrogens is 536 g/mol. The van der Waals surface area contributed by atoms with Crippen LogP contribution in [0.1, 0.15) is 26.8 Å². The fourth-order valence-corrected chi connectivity index (χ4v) is 5.47. The highest BCUT2D eigenvalue weighted by Crippen LogP contribution is 2.34. The molecule has 1 aliphatic rings. The molecule has 3 aromatic rings. The van der Waals surface area contributed by atoms with Gasteiger partial charge in [-0.2, -0.15) is 0 Å². The third kappa shape index (κ3) is 5.71. The number of hydrogen-bond acceptors (Lipinski definition) is 4. The average Bonchev–Trinajstić information content (AvgIpc) is 3.32. The first-order chi connectivity index (χ1) is 16.5. The summed E-state index contributed by atoms with van der Waals surface area (Å²) in [6.07, 6.45) is 2.43. The zero-order valence-corrected chi connectivity index (χ0v) is 21.6. The fourth-order valence-electron chi connectivity index (χ4n) is 4.01. The Morgan fingerprint density at radius 2 is 2.03 bits per heavy atom. The van der Waals surface area contributed by atoms with Crippen molar-refractivity contribution in [3.8, 4) is 5.75 Å². The second-order valence-corrected chi connectivity index (χ2v) is 10.3. The van der Waals surface area contributed by atoms with Crippen molar-refractivity contribution < 1.29 is 14.3 Å². The average molecular weight is 560 g/mol. The summed E-state index contributed by atoms with van der Waals surface area (Å²) >= 11 is 11.1. The number of amides is 2. The molecular formula is C26H24BrClN2O3S. The van der Waals surface area contributed by atoms with E-state index in [-0.39, 0.29) is 30.9 Å². The van der Waals surface area contributed by atoms with Crippen LogP contribution in [0.4, 0.5) is 0 Å². The molecule has 176 valence electrons. The summed E-state index contributed by atoms with van der Waals surface area (Å²) in [6.45, 7) is 4.90. The number of benzene rings is 2. The van der Waals surface area contributed by atoms with E-state index in [9.17, 15) is 9.59 Å². The van der Waals surface area contributed by atoms with Crippen LogP contribution in [0.2, 0.25) is 5.02 Å². The summed E-state index contributed by atoms with van der Waals surface area (Å²) in [5.41, 5.74) is 1.62. The number of rotatable bonds is 8. The van der Waals surface area contributed by atoms with Crippen molar-refractivity contribution in [3.63, 3.8) is 0 Å². The molecule has 1 aliphatic heterocycles. The number of thiophene rings is 1. The maximum Gasteiger partial charge on any atom is 0.254 e. The number of fused-ring (bicyclic) bond motifs is 1. The summed E-state index contributed by atoms with van der Waals surface area (Å²) in [6, 6.07) is 16.2.